The number of hydrogen-bond donors (Lipinski definition) is 2. The van der Waals surface area contributed by atoms with Gasteiger partial charge in [0.05, 0.1) is 12.1 Å². The summed E-state index contributed by atoms with van der Waals surface area (Å²) < 4.78 is 0.709. The summed E-state index contributed by atoms with van der Waals surface area (Å²) >= 11 is 0. The van der Waals surface area contributed by atoms with Gasteiger partial charge in [-0.05, 0) is 37.1 Å². The molecule has 0 bridgehead atoms. The summed E-state index contributed by atoms with van der Waals surface area (Å²) in [5.41, 5.74) is 2.59. The maximum atomic E-state index is 11.9. The van der Waals surface area contributed by atoms with Crippen LogP contribution in [0.4, 0.5) is 0 Å². The number of aryl methyl sites for hydroxylation is 2. The molecule has 2 rings (SSSR count). The first-order valence-corrected chi connectivity index (χ1v) is 6.91. The quantitative estimate of drug-likeness (QED) is 0.867. The molecule has 2 N–H and O–H groups in total. The zero-order valence-electron chi connectivity index (χ0n) is 12.7. The van der Waals surface area contributed by atoms with E-state index in [-0.39, 0.29) is 0 Å². The van der Waals surface area contributed by atoms with E-state index in [0.717, 1.165) is 16.7 Å². The van der Waals surface area contributed by atoms with Gasteiger partial charge in [0.1, 0.15) is 0 Å². The minimum Gasteiger partial charge on any atom is -0.481 e. The molecule has 1 atom stereocenters. The van der Waals surface area contributed by atoms with Gasteiger partial charge in [-0.3, -0.25) is 9.59 Å². The largest absolute Gasteiger partial charge is 0.481 e. The zero-order chi connectivity index (χ0) is 17.1. The summed E-state index contributed by atoms with van der Waals surface area (Å²) in [6.07, 6.45) is -0.724. The van der Waals surface area contributed by atoms with Crippen molar-refractivity contribution in [1.29, 1.82) is 0 Å². The van der Waals surface area contributed by atoms with Gasteiger partial charge in [0.25, 0.3) is 5.56 Å². The van der Waals surface area contributed by atoms with Gasteiger partial charge in [0, 0.05) is 11.6 Å². The summed E-state index contributed by atoms with van der Waals surface area (Å²) in [7, 11) is 0. The van der Waals surface area contributed by atoms with Gasteiger partial charge >= 0.3 is 11.9 Å². The van der Waals surface area contributed by atoms with Crippen LogP contribution >= 0.6 is 0 Å². The van der Waals surface area contributed by atoms with Crippen molar-refractivity contribution in [3.05, 3.63) is 51.8 Å². The van der Waals surface area contributed by atoms with Crippen molar-refractivity contribution < 1.29 is 19.8 Å². The molecule has 0 fully saturated rings. The second-order valence-corrected chi connectivity index (χ2v) is 5.25. The smallest absolute Gasteiger partial charge is 0.329 e. The molecule has 120 valence electrons. The highest BCUT2D eigenvalue weighted by Gasteiger charge is 2.25. The van der Waals surface area contributed by atoms with Crippen LogP contribution in [0.5, 0.6) is 0 Å². The molecule has 0 aliphatic heterocycles. The molecule has 7 nitrogen and oxygen atoms in total. The maximum Gasteiger partial charge on any atom is 0.329 e. The van der Waals surface area contributed by atoms with Crippen LogP contribution in [0.2, 0.25) is 0 Å². The molecule has 0 aliphatic carbocycles. The molecule has 0 spiro atoms. The Morgan fingerprint density at radius 3 is 2.39 bits per heavy atom. The highest BCUT2D eigenvalue weighted by Crippen LogP contribution is 2.20. The molecule has 0 saturated heterocycles. The number of hydrogen-bond acceptors (Lipinski definition) is 4. The molecule has 0 amide bonds. The van der Waals surface area contributed by atoms with Gasteiger partial charge < -0.3 is 10.2 Å². The van der Waals surface area contributed by atoms with Gasteiger partial charge in [-0.1, -0.05) is 12.1 Å². The van der Waals surface area contributed by atoms with Crippen LogP contribution in [0.3, 0.4) is 0 Å². The zero-order valence-corrected chi connectivity index (χ0v) is 12.7. The molecule has 1 unspecified atom stereocenters. The Balaban J connectivity index is 2.53. The second kappa shape index (κ2) is 6.43. The Morgan fingerprint density at radius 1 is 1.13 bits per heavy atom. The van der Waals surface area contributed by atoms with Crippen LogP contribution < -0.4 is 5.56 Å². The fourth-order valence-electron chi connectivity index (χ4n) is 2.15. The highest BCUT2D eigenvalue weighted by atomic mass is 16.4. The van der Waals surface area contributed by atoms with Crippen molar-refractivity contribution >= 4 is 11.9 Å². The van der Waals surface area contributed by atoms with Gasteiger partial charge in [0.15, 0.2) is 6.04 Å². The van der Waals surface area contributed by atoms with Crippen LogP contribution in [-0.4, -0.2) is 31.9 Å². The Hall–Kier alpha value is -2.96. The fourth-order valence-corrected chi connectivity index (χ4v) is 2.15. The van der Waals surface area contributed by atoms with Crippen molar-refractivity contribution in [2.75, 3.05) is 0 Å². The third kappa shape index (κ3) is 3.63. The summed E-state index contributed by atoms with van der Waals surface area (Å²) in [6, 6.07) is 6.71. The van der Waals surface area contributed by atoms with Crippen LogP contribution in [0.1, 0.15) is 23.6 Å². The Bertz CT molecular complexity index is 825. The minimum atomic E-state index is -1.55. The normalized spacial score (nSPS) is 11.9. The summed E-state index contributed by atoms with van der Waals surface area (Å²) in [5.74, 6) is -2.73. The lowest BCUT2D eigenvalue weighted by Gasteiger charge is -2.13. The third-order valence-corrected chi connectivity index (χ3v) is 3.58. The van der Waals surface area contributed by atoms with Crippen molar-refractivity contribution in [2.24, 2.45) is 0 Å². The van der Waals surface area contributed by atoms with Crippen LogP contribution in [0, 0.1) is 13.8 Å². The van der Waals surface area contributed by atoms with E-state index >= 15 is 0 Å². The topological polar surface area (TPSA) is 109 Å². The SMILES string of the molecule is Cc1ccc(-c2ccc(=O)n(C(CC(=O)O)C(=O)O)n2)cc1C. The first kappa shape index (κ1) is 16.4. The highest BCUT2D eigenvalue weighted by molar-refractivity contribution is 5.79. The molecule has 23 heavy (non-hydrogen) atoms. The Morgan fingerprint density at radius 2 is 1.83 bits per heavy atom. The predicted molar refractivity (Wildman–Crippen MR) is 82.3 cm³/mol. The van der Waals surface area contributed by atoms with Gasteiger partial charge in [-0.25, -0.2) is 9.48 Å². The number of carbonyl (C=O) groups is 2. The molecule has 0 radical (unpaired) electrons. The maximum absolute atomic E-state index is 11.9. The number of aliphatic carboxylic acids is 2. The number of carboxylic acid groups (broad SMARTS) is 2. The standard InChI is InChI=1S/C16H16N2O5/c1-9-3-4-11(7-10(9)2)12-5-6-14(19)18(17-12)13(16(22)23)8-15(20)21/h3-7,13H,8H2,1-2H3,(H,20,21)(H,22,23). The average Bonchev–Trinajstić information content (AvgIpc) is 2.48. The number of carboxylic acids is 2. The van der Waals surface area contributed by atoms with E-state index in [2.05, 4.69) is 5.10 Å². The van der Waals surface area contributed by atoms with E-state index in [0.29, 0.717) is 10.4 Å². The van der Waals surface area contributed by atoms with E-state index in [4.69, 9.17) is 5.11 Å². The van der Waals surface area contributed by atoms with Crippen LogP contribution in [-0.2, 0) is 9.59 Å². The fraction of sp³-hybridized carbons (Fsp3) is 0.250. The first-order valence-electron chi connectivity index (χ1n) is 6.91. The van der Waals surface area contributed by atoms with E-state index in [1.165, 1.54) is 12.1 Å². The van der Waals surface area contributed by atoms with E-state index in [1.54, 1.807) is 0 Å². The molecule has 2 aromatic rings. The summed E-state index contributed by atoms with van der Waals surface area (Å²) in [5, 5.41) is 22.1. The molecule has 0 aliphatic rings. The van der Waals surface area contributed by atoms with Gasteiger partial charge in [0.2, 0.25) is 0 Å². The third-order valence-electron chi connectivity index (χ3n) is 3.58. The first-order chi connectivity index (χ1) is 10.8. The van der Waals surface area contributed by atoms with Crippen molar-refractivity contribution in [2.45, 2.75) is 26.3 Å². The van der Waals surface area contributed by atoms with Crippen molar-refractivity contribution in [3.63, 3.8) is 0 Å². The van der Waals surface area contributed by atoms with Crippen molar-refractivity contribution in [3.8, 4) is 11.3 Å². The van der Waals surface area contributed by atoms with Crippen LogP contribution in [0.25, 0.3) is 11.3 Å². The molecular weight excluding hydrogens is 300 g/mol. The van der Waals surface area contributed by atoms with Crippen molar-refractivity contribution in [1.82, 2.24) is 9.78 Å². The van der Waals surface area contributed by atoms with E-state index in [1.807, 2.05) is 32.0 Å². The van der Waals surface area contributed by atoms with Gasteiger partial charge in [-0.15, -0.1) is 0 Å². The second-order valence-electron chi connectivity index (χ2n) is 5.25. The van der Waals surface area contributed by atoms with E-state index < -0.39 is 30.0 Å². The monoisotopic (exact) mass is 316 g/mol. The molecule has 1 heterocycles. The number of nitrogens with zero attached hydrogens (tertiary/aromatic N) is 2. The number of rotatable bonds is 5. The molecule has 1 aromatic heterocycles. The Kier molecular flexibility index (Phi) is 4.59. The number of benzene rings is 1. The number of aromatic nitrogens is 2. The lowest BCUT2D eigenvalue weighted by atomic mass is 10.0. The summed E-state index contributed by atoms with van der Waals surface area (Å²) in [4.78, 5) is 34.0. The van der Waals surface area contributed by atoms with E-state index in [9.17, 15) is 19.5 Å². The minimum absolute atomic E-state index is 0.407. The van der Waals surface area contributed by atoms with Gasteiger partial charge in [-0.2, -0.15) is 5.10 Å². The predicted octanol–water partition coefficient (Wildman–Crippen LogP) is 1.63. The van der Waals surface area contributed by atoms with Crippen LogP contribution in [0.15, 0.2) is 35.1 Å². The Labute approximate surface area is 131 Å². The summed E-state index contributed by atoms with van der Waals surface area (Å²) in [6.45, 7) is 3.89. The molecule has 7 heteroatoms. The lowest BCUT2D eigenvalue weighted by Crippen LogP contribution is -2.33. The molecule has 1 aromatic carbocycles. The lowest BCUT2D eigenvalue weighted by molar-refractivity contribution is -0.147. The molecule has 0 saturated carbocycles. The molecular formula is C16H16N2O5. The average molecular weight is 316 g/mol.